The van der Waals surface area contributed by atoms with Gasteiger partial charge in [-0.1, -0.05) is 41.1 Å². The lowest BCUT2D eigenvalue weighted by Gasteiger charge is -2.27. The first kappa shape index (κ1) is 22.1. The summed E-state index contributed by atoms with van der Waals surface area (Å²) in [6.07, 6.45) is 1.03. The highest BCUT2D eigenvalue weighted by Gasteiger charge is 2.22. The lowest BCUT2D eigenvalue weighted by Crippen LogP contribution is -2.39. The molecule has 0 N–H and O–H groups in total. The lowest BCUT2D eigenvalue weighted by atomic mass is 10.1. The van der Waals surface area contributed by atoms with Gasteiger partial charge >= 0.3 is 0 Å². The Morgan fingerprint density at radius 1 is 1.23 bits per heavy atom. The number of benzene rings is 2. The van der Waals surface area contributed by atoms with Crippen molar-refractivity contribution in [1.82, 2.24) is 9.88 Å². The van der Waals surface area contributed by atoms with Crippen molar-refractivity contribution in [2.75, 3.05) is 44.3 Å². The van der Waals surface area contributed by atoms with Gasteiger partial charge in [0.25, 0.3) is 0 Å². The Bertz CT molecular complexity index is 1010. The second-order valence-corrected chi connectivity index (χ2v) is 9.08. The van der Waals surface area contributed by atoms with Gasteiger partial charge < -0.3 is 4.74 Å². The maximum absolute atomic E-state index is 13.3. The Labute approximate surface area is 190 Å². The van der Waals surface area contributed by atoms with Crippen LogP contribution in [0.2, 0.25) is 5.02 Å². The fourth-order valence-electron chi connectivity index (χ4n) is 3.68. The highest BCUT2D eigenvalue weighted by molar-refractivity contribution is 7.23. The Morgan fingerprint density at radius 2 is 1.97 bits per heavy atom. The van der Waals surface area contributed by atoms with Gasteiger partial charge in [0.2, 0.25) is 5.91 Å². The van der Waals surface area contributed by atoms with Crippen LogP contribution in [0.3, 0.4) is 0 Å². The molecule has 2 aromatic carbocycles. The average Bonchev–Trinajstić information content (AvgIpc) is 3.22. The van der Waals surface area contributed by atoms with Crippen LogP contribution in [0.15, 0.2) is 36.4 Å². The summed E-state index contributed by atoms with van der Waals surface area (Å²) in [4.78, 5) is 22.1. The number of hydrogen-bond donors (Lipinski definition) is 0. The van der Waals surface area contributed by atoms with Crippen molar-refractivity contribution in [3.63, 3.8) is 0 Å². The number of amides is 1. The maximum atomic E-state index is 13.3. The molecule has 4 rings (SSSR count). The third-order valence-corrected chi connectivity index (χ3v) is 6.98. The normalized spacial score (nSPS) is 14.8. The first-order valence-electron chi connectivity index (χ1n) is 10.4. The minimum atomic E-state index is -0.310. The number of fused-ring (bicyclic) bond motifs is 1. The second kappa shape index (κ2) is 10.0. The molecule has 8 heteroatoms. The van der Waals surface area contributed by atoms with E-state index in [0.29, 0.717) is 16.7 Å². The molecule has 1 saturated heterocycles. The van der Waals surface area contributed by atoms with Crippen molar-refractivity contribution < 1.29 is 13.9 Å². The highest BCUT2D eigenvalue weighted by atomic mass is 35.5. The van der Waals surface area contributed by atoms with Gasteiger partial charge in [0.05, 0.1) is 34.9 Å². The highest BCUT2D eigenvalue weighted by Crippen LogP contribution is 2.36. The number of anilines is 1. The Hall–Kier alpha value is -2.06. The lowest BCUT2D eigenvalue weighted by molar-refractivity contribution is -0.118. The van der Waals surface area contributed by atoms with Crippen LogP contribution in [-0.2, 0) is 16.0 Å². The summed E-state index contributed by atoms with van der Waals surface area (Å²) in [5.41, 5.74) is 2.64. The third-order valence-electron chi connectivity index (χ3n) is 5.45. The van der Waals surface area contributed by atoms with Crippen LogP contribution in [0.4, 0.5) is 9.52 Å². The second-order valence-electron chi connectivity index (χ2n) is 7.69. The number of rotatable bonds is 7. The molecule has 5 nitrogen and oxygen atoms in total. The third kappa shape index (κ3) is 5.41. The van der Waals surface area contributed by atoms with Gasteiger partial charge in [0.1, 0.15) is 5.82 Å². The number of nitrogens with zero attached hydrogens (tertiary/aromatic N) is 3. The summed E-state index contributed by atoms with van der Waals surface area (Å²) < 4.78 is 19.6. The SMILES string of the molecule is Cc1ccc(Cl)c2sc(N(CCCN3CCOCC3)C(=O)Cc3ccc(F)cc3)nc12. The summed E-state index contributed by atoms with van der Waals surface area (Å²) in [5.74, 6) is -0.365. The molecule has 1 amide bonds. The minimum Gasteiger partial charge on any atom is -0.379 e. The van der Waals surface area contributed by atoms with Crippen molar-refractivity contribution in [2.24, 2.45) is 0 Å². The fourth-order valence-corrected chi connectivity index (χ4v) is 5.04. The molecule has 0 saturated carbocycles. The number of aromatic nitrogens is 1. The zero-order valence-electron chi connectivity index (χ0n) is 17.4. The molecule has 3 aromatic rings. The number of carbonyl (C=O) groups excluding carboxylic acids is 1. The van der Waals surface area contributed by atoms with Crippen molar-refractivity contribution in [2.45, 2.75) is 19.8 Å². The molecule has 0 radical (unpaired) electrons. The molecule has 1 aliphatic rings. The van der Waals surface area contributed by atoms with E-state index in [2.05, 4.69) is 4.90 Å². The quantitative estimate of drug-likeness (QED) is 0.512. The summed E-state index contributed by atoms with van der Waals surface area (Å²) in [6, 6.07) is 9.87. The van der Waals surface area contributed by atoms with Gasteiger partial charge in [0, 0.05) is 26.2 Å². The van der Waals surface area contributed by atoms with Crippen molar-refractivity contribution in [3.8, 4) is 0 Å². The summed E-state index contributed by atoms with van der Waals surface area (Å²) in [5, 5.41) is 1.30. The van der Waals surface area contributed by atoms with Crippen molar-refractivity contribution >= 4 is 44.2 Å². The molecule has 2 heterocycles. The molecular weight excluding hydrogens is 437 g/mol. The number of ether oxygens (including phenoxy) is 1. The largest absolute Gasteiger partial charge is 0.379 e. The smallest absolute Gasteiger partial charge is 0.233 e. The topological polar surface area (TPSA) is 45.7 Å². The predicted octanol–water partition coefficient (Wildman–Crippen LogP) is 4.70. The van der Waals surface area contributed by atoms with E-state index >= 15 is 0 Å². The van der Waals surface area contributed by atoms with Crippen molar-refractivity contribution in [1.29, 1.82) is 0 Å². The van der Waals surface area contributed by atoms with E-state index in [-0.39, 0.29) is 18.1 Å². The van der Waals surface area contributed by atoms with Crippen LogP contribution in [-0.4, -0.2) is 55.2 Å². The standard InChI is InChI=1S/C23H25ClFN3O2S/c1-16-3-8-19(24)22-21(16)26-23(31-22)28(10-2-9-27-11-13-30-14-12-27)20(29)15-17-4-6-18(25)7-5-17/h3-8H,2,9-15H2,1H3. The van der Waals surface area contributed by atoms with Crippen LogP contribution in [0.5, 0.6) is 0 Å². The van der Waals surface area contributed by atoms with Crippen LogP contribution in [0.1, 0.15) is 17.5 Å². The van der Waals surface area contributed by atoms with Crippen molar-refractivity contribution in [3.05, 3.63) is 58.4 Å². The molecule has 1 aliphatic heterocycles. The number of thiazole rings is 1. The van der Waals surface area contributed by atoms with E-state index in [9.17, 15) is 9.18 Å². The van der Waals surface area contributed by atoms with Gasteiger partial charge in [-0.3, -0.25) is 14.6 Å². The van der Waals surface area contributed by atoms with E-state index < -0.39 is 0 Å². The Morgan fingerprint density at radius 3 is 2.68 bits per heavy atom. The van der Waals surface area contributed by atoms with E-state index in [4.69, 9.17) is 21.3 Å². The van der Waals surface area contributed by atoms with E-state index in [1.54, 1.807) is 17.0 Å². The van der Waals surface area contributed by atoms with Crippen LogP contribution < -0.4 is 4.90 Å². The molecule has 164 valence electrons. The molecule has 0 atom stereocenters. The molecule has 1 fully saturated rings. The summed E-state index contributed by atoms with van der Waals surface area (Å²) in [7, 11) is 0. The first-order chi connectivity index (χ1) is 15.0. The molecular formula is C23H25ClFN3O2S. The molecule has 31 heavy (non-hydrogen) atoms. The van der Waals surface area contributed by atoms with Gasteiger partial charge in [-0.25, -0.2) is 9.37 Å². The van der Waals surface area contributed by atoms with Crippen LogP contribution in [0, 0.1) is 12.7 Å². The zero-order chi connectivity index (χ0) is 21.8. The zero-order valence-corrected chi connectivity index (χ0v) is 19.0. The van der Waals surface area contributed by atoms with Crippen LogP contribution >= 0.6 is 22.9 Å². The van der Waals surface area contributed by atoms with Gasteiger partial charge in [-0.05, 0) is 42.7 Å². The number of morpholine rings is 1. The number of carbonyl (C=O) groups is 1. The number of hydrogen-bond acceptors (Lipinski definition) is 5. The van der Waals surface area contributed by atoms with Gasteiger partial charge in [-0.2, -0.15) is 0 Å². The Balaban J connectivity index is 1.55. The molecule has 0 unspecified atom stereocenters. The molecule has 0 spiro atoms. The average molecular weight is 462 g/mol. The number of aryl methyl sites for hydroxylation is 1. The monoisotopic (exact) mass is 461 g/mol. The molecule has 1 aromatic heterocycles. The fraction of sp³-hybridized carbons (Fsp3) is 0.391. The van der Waals surface area contributed by atoms with Gasteiger partial charge in [0.15, 0.2) is 5.13 Å². The Kier molecular flexibility index (Phi) is 7.17. The molecule has 0 aliphatic carbocycles. The van der Waals surface area contributed by atoms with E-state index in [1.807, 2.05) is 19.1 Å². The van der Waals surface area contributed by atoms with E-state index in [0.717, 1.165) is 60.6 Å². The maximum Gasteiger partial charge on any atom is 0.233 e. The summed E-state index contributed by atoms with van der Waals surface area (Å²) >= 11 is 7.83. The van der Waals surface area contributed by atoms with E-state index in [1.165, 1.54) is 23.5 Å². The summed E-state index contributed by atoms with van der Waals surface area (Å²) in [6.45, 7) is 6.79. The van der Waals surface area contributed by atoms with Gasteiger partial charge in [-0.15, -0.1) is 0 Å². The molecule has 0 bridgehead atoms. The minimum absolute atomic E-state index is 0.0542. The first-order valence-corrected chi connectivity index (χ1v) is 11.6. The predicted molar refractivity (Wildman–Crippen MR) is 124 cm³/mol. The number of halogens is 2. The van der Waals surface area contributed by atoms with Crippen LogP contribution in [0.25, 0.3) is 10.2 Å².